The molecule has 0 aliphatic rings. The number of aromatic amines is 1. The summed E-state index contributed by atoms with van der Waals surface area (Å²) in [7, 11) is 0. The minimum atomic E-state index is -0.616. The Morgan fingerprint density at radius 2 is 1.71 bits per heavy atom. The lowest BCUT2D eigenvalue weighted by Crippen LogP contribution is -2.24. The topological polar surface area (TPSA) is 96.1 Å². The first-order chi connectivity index (χ1) is 13.5. The smallest absolute Gasteiger partial charge is 0.215 e. The first-order valence-electron chi connectivity index (χ1n) is 8.61. The lowest BCUT2D eigenvalue weighted by atomic mass is 10.0. The Balaban J connectivity index is 2.17. The van der Waals surface area contributed by atoms with E-state index in [9.17, 15) is 19.2 Å². The number of rotatable bonds is 6. The van der Waals surface area contributed by atoms with E-state index in [1.54, 1.807) is 55.5 Å². The van der Waals surface area contributed by atoms with Crippen molar-refractivity contribution < 1.29 is 14.4 Å². The Morgan fingerprint density at radius 1 is 1.04 bits per heavy atom. The monoisotopic (exact) mass is 374 g/mol. The van der Waals surface area contributed by atoms with Crippen molar-refractivity contribution in [2.45, 2.75) is 13.8 Å². The second kappa shape index (κ2) is 7.84. The molecule has 0 amide bonds. The van der Waals surface area contributed by atoms with Crippen LogP contribution in [-0.4, -0.2) is 23.3 Å². The number of ketones is 1. The van der Waals surface area contributed by atoms with Gasteiger partial charge >= 0.3 is 0 Å². The molecule has 0 fully saturated rings. The lowest BCUT2D eigenvalue weighted by molar-refractivity contribution is -0.104. The van der Waals surface area contributed by atoms with Gasteiger partial charge in [-0.1, -0.05) is 24.3 Å². The van der Waals surface area contributed by atoms with Crippen molar-refractivity contribution in [1.29, 1.82) is 0 Å². The zero-order chi connectivity index (χ0) is 20.3. The number of pyridine rings is 1. The van der Waals surface area contributed by atoms with Gasteiger partial charge in [0.15, 0.2) is 6.29 Å². The minimum absolute atomic E-state index is 0.0480. The number of Topliss-reactive ketones (excluding diaryl/α,β-unsaturated/α-hetero) is 1. The number of H-pyrrole nitrogens is 1. The SMILES string of the molecule is C/C(C=O)=C(\Nc1ccccc1C=O)C(=O)c1c(C)[nH]c2ccccc2c1=O. The molecule has 2 N–H and O–H groups in total. The second-order valence-corrected chi connectivity index (χ2v) is 6.33. The van der Waals surface area contributed by atoms with Crippen LogP contribution in [0.15, 0.2) is 64.6 Å². The minimum Gasteiger partial charge on any atom is -0.358 e. The zero-order valence-corrected chi connectivity index (χ0v) is 15.4. The van der Waals surface area contributed by atoms with E-state index in [-0.39, 0.29) is 16.8 Å². The van der Waals surface area contributed by atoms with E-state index in [0.717, 1.165) is 0 Å². The summed E-state index contributed by atoms with van der Waals surface area (Å²) in [4.78, 5) is 51.9. The highest BCUT2D eigenvalue weighted by molar-refractivity contribution is 6.14. The van der Waals surface area contributed by atoms with E-state index in [1.807, 2.05) is 0 Å². The Labute approximate surface area is 160 Å². The highest BCUT2D eigenvalue weighted by Crippen LogP contribution is 2.20. The number of anilines is 1. The molecule has 0 unspecified atom stereocenters. The van der Waals surface area contributed by atoms with Crippen LogP contribution in [-0.2, 0) is 4.79 Å². The fourth-order valence-corrected chi connectivity index (χ4v) is 3.00. The summed E-state index contributed by atoms with van der Waals surface area (Å²) in [6, 6.07) is 13.5. The van der Waals surface area contributed by atoms with Crippen LogP contribution in [0.3, 0.4) is 0 Å². The molecular formula is C22H18N2O4. The molecule has 0 saturated carbocycles. The standard InChI is InChI=1S/C22H18N2O4/c1-13(11-25)20(24-17-9-5-3-7-15(17)12-26)22(28)19-14(2)23-18-10-6-4-8-16(18)21(19)27/h3-12,24H,1-2H3,(H,23,27)/b20-13+. The molecule has 0 saturated heterocycles. The molecule has 1 heterocycles. The van der Waals surface area contributed by atoms with Crippen molar-refractivity contribution in [3.63, 3.8) is 0 Å². The highest BCUT2D eigenvalue weighted by atomic mass is 16.1. The van der Waals surface area contributed by atoms with Crippen molar-refractivity contribution in [2.75, 3.05) is 5.32 Å². The molecule has 28 heavy (non-hydrogen) atoms. The molecule has 6 nitrogen and oxygen atoms in total. The number of allylic oxidation sites excluding steroid dienone is 2. The largest absolute Gasteiger partial charge is 0.358 e. The van der Waals surface area contributed by atoms with Gasteiger partial charge in [-0.2, -0.15) is 0 Å². The molecule has 1 aromatic heterocycles. The van der Waals surface area contributed by atoms with Crippen molar-refractivity contribution in [2.24, 2.45) is 0 Å². The van der Waals surface area contributed by atoms with Crippen LogP contribution >= 0.6 is 0 Å². The Hall–Kier alpha value is -3.80. The third kappa shape index (κ3) is 3.40. The second-order valence-electron chi connectivity index (χ2n) is 6.33. The van der Waals surface area contributed by atoms with Crippen molar-refractivity contribution in [3.05, 3.63) is 86.8 Å². The molecule has 0 atom stereocenters. The molecule has 0 radical (unpaired) electrons. The highest BCUT2D eigenvalue weighted by Gasteiger charge is 2.23. The van der Waals surface area contributed by atoms with E-state index >= 15 is 0 Å². The maximum Gasteiger partial charge on any atom is 0.215 e. The number of hydrogen-bond donors (Lipinski definition) is 2. The molecule has 0 aliphatic heterocycles. The first-order valence-corrected chi connectivity index (χ1v) is 8.61. The van der Waals surface area contributed by atoms with Gasteiger partial charge in [-0.25, -0.2) is 0 Å². The Kier molecular flexibility index (Phi) is 5.31. The Bertz CT molecular complexity index is 1190. The molecule has 0 spiro atoms. The van der Waals surface area contributed by atoms with Crippen molar-refractivity contribution in [3.8, 4) is 0 Å². The lowest BCUT2D eigenvalue weighted by Gasteiger charge is -2.15. The summed E-state index contributed by atoms with van der Waals surface area (Å²) < 4.78 is 0. The number of hydrogen-bond acceptors (Lipinski definition) is 5. The summed E-state index contributed by atoms with van der Waals surface area (Å²) in [5, 5.41) is 3.25. The molecule has 0 bridgehead atoms. The van der Waals surface area contributed by atoms with Gasteiger partial charge in [-0.05, 0) is 38.1 Å². The maximum atomic E-state index is 13.2. The van der Waals surface area contributed by atoms with E-state index < -0.39 is 11.2 Å². The third-order valence-corrected chi connectivity index (χ3v) is 4.47. The number of fused-ring (bicyclic) bond motifs is 1. The average molecular weight is 374 g/mol. The summed E-state index contributed by atoms with van der Waals surface area (Å²) >= 11 is 0. The molecule has 2 aromatic carbocycles. The van der Waals surface area contributed by atoms with Crippen molar-refractivity contribution >= 4 is 34.9 Å². The van der Waals surface area contributed by atoms with E-state index in [1.165, 1.54) is 6.92 Å². The van der Waals surface area contributed by atoms with E-state index in [2.05, 4.69) is 10.3 Å². The van der Waals surface area contributed by atoms with Gasteiger partial charge in [0.1, 0.15) is 6.29 Å². The third-order valence-electron chi connectivity index (χ3n) is 4.47. The van der Waals surface area contributed by atoms with Gasteiger partial charge < -0.3 is 10.3 Å². The predicted octanol–water partition coefficient (Wildman–Crippen LogP) is 3.42. The normalized spacial score (nSPS) is 11.6. The van der Waals surface area contributed by atoms with Gasteiger partial charge in [0.2, 0.25) is 11.2 Å². The maximum absolute atomic E-state index is 13.2. The number of para-hydroxylation sites is 2. The van der Waals surface area contributed by atoms with Gasteiger partial charge in [-0.3, -0.25) is 19.2 Å². The average Bonchev–Trinajstić information content (AvgIpc) is 2.71. The first kappa shape index (κ1) is 19.0. The molecule has 3 aromatic rings. The van der Waals surface area contributed by atoms with Gasteiger partial charge in [0, 0.05) is 33.4 Å². The quantitative estimate of drug-likeness (QED) is 0.392. The van der Waals surface area contributed by atoms with Crippen LogP contribution in [0.5, 0.6) is 0 Å². The summed E-state index contributed by atoms with van der Waals surface area (Å²) in [6.45, 7) is 3.11. The molecule has 0 aliphatic carbocycles. The number of benzene rings is 2. The molecule has 6 heteroatoms. The van der Waals surface area contributed by atoms with E-state index in [0.29, 0.717) is 40.4 Å². The van der Waals surface area contributed by atoms with Crippen LogP contribution in [0.2, 0.25) is 0 Å². The number of aldehydes is 2. The molecule has 140 valence electrons. The summed E-state index contributed by atoms with van der Waals surface area (Å²) in [5.74, 6) is -0.616. The fourth-order valence-electron chi connectivity index (χ4n) is 3.00. The van der Waals surface area contributed by atoms with Crippen molar-refractivity contribution in [1.82, 2.24) is 4.98 Å². The Morgan fingerprint density at radius 3 is 2.43 bits per heavy atom. The number of nitrogens with one attached hydrogen (secondary N) is 2. The molecular weight excluding hydrogens is 356 g/mol. The summed E-state index contributed by atoms with van der Waals surface area (Å²) in [5.41, 5.74) is 1.33. The van der Waals surface area contributed by atoms with Crippen LogP contribution in [0.1, 0.15) is 33.3 Å². The molecule has 3 rings (SSSR count). The number of aryl methyl sites for hydroxylation is 1. The van der Waals surface area contributed by atoms with E-state index in [4.69, 9.17) is 0 Å². The van der Waals surface area contributed by atoms with Crippen LogP contribution in [0, 0.1) is 6.92 Å². The number of carbonyl (C=O) groups is 3. The van der Waals surface area contributed by atoms with Crippen LogP contribution in [0.4, 0.5) is 5.69 Å². The number of carbonyl (C=O) groups excluding carboxylic acids is 3. The predicted molar refractivity (Wildman–Crippen MR) is 108 cm³/mol. The van der Waals surface area contributed by atoms with Gasteiger partial charge in [0.05, 0.1) is 11.3 Å². The number of aromatic nitrogens is 1. The van der Waals surface area contributed by atoms with Gasteiger partial charge in [0.25, 0.3) is 0 Å². The summed E-state index contributed by atoms with van der Waals surface area (Å²) in [6.07, 6.45) is 1.18. The van der Waals surface area contributed by atoms with Gasteiger partial charge in [-0.15, -0.1) is 0 Å². The fraction of sp³-hybridized carbons (Fsp3) is 0.0909. The zero-order valence-electron chi connectivity index (χ0n) is 15.4. The van der Waals surface area contributed by atoms with Crippen LogP contribution in [0.25, 0.3) is 10.9 Å². The van der Waals surface area contributed by atoms with Crippen LogP contribution < -0.4 is 10.7 Å².